The third-order valence-electron chi connectivity index (χ3n) is 4.71. The first-order valence-electron chi connectivity index (χ1n) is 9.15. The van der Waals surface area contributed by atoms with E-state index in [2.05, 4.69) is 10.4 Å². The fraction of sp³-hybridized carbons (Fsp3) is 0.722. The zero-order valence-corrected chi connectivity index (χ0v) is 14.6. The molecule has 0 saturated heterocycles. The minimum atomic E-state index is -1.12. The number of carboxylic acid groups (broad SMARTS) is 1. The van der Waals surface area contributed by atoms with Crippen molar-refractivity contribution in [2.24, 2.45) is 7.05 Å². The molecule has 2 N–H and O–H groups in total. The normalized spacial score (nSPS) is 18.4. The van der Waals surface area contributed by atoms with Crippen LogP contribution in [0, 0.1) is 0 Å². The van der Waals surface area contributed by atoms with Crippen molar-refractivity contribution >= 4 is 11.9 Å². The number of aryl methyl sites for hydroxylation is 1. The Morgan fingerprint density at radius 3 is 2.04 bits per heavy atom. The number of nitrogens with zero attached hydrogens (tertiary/aromatic N) is 2. The Balaban J connectivity index is 1.97. The largest absolute Gasteiger partial charge is 0.478 e. The van der Waals surface area contributed by atoms with E-state index in [-0.39, 0.29) is 23.2 Å². The lowest BCUT2D eigenvalue weighted by molar-refractivity contribution is 0.0690. The van der Waals surface area contributed by atoms with Gasteiger partial charge < -0.3 is 10.4 Å². The molecule has 1 saturated carbocycles. The zero-order valence-electron chi connectivity index (χ0n) is 14.6. The maximum atomic E-state index is 12.5. The molecule has 0 atom stereocenters. The second kappa shape index (κ2) is 9.45. The van der Waals surface area contributed by atoms with E-state index in [0.717, 1.165) is 25.7 Å². The van der Waals surface area contributed by atoms with Gasteiger partial charge in [0.15, 0.2) is 5.69 Å². The predicted molar refractivity (Wildman–Crippen MR) is 92.2 cm³/mol. The molecular formula is C18H29N3O3. The number of carboxylic acids is 1. The molecule has 6 nitrogen and oxygen atoms in total. The van der Waals surface area contributed by atoms with E-state index in [9.17, 15) is 14.7 Å². The van der Waals surface area contributed by atoms with Crippen molar-refractivity contribution in [1.82, 2.24) is 15.1 Å². The zero-order chi connectivity index (χ0) is 17.4. The topological polar surface area (TPSA) is 84.2 Å². The Bertz CT molecular complexity index is 542. The van der Waals surface area contributed by atoms with Crippen LogP contribution in [0.15, 0.2) is 6.20 Å². The molecule has 6 heteroatoms. The summed E-state index contributed by atoms with van der Waals surface area (Å²) < 4.78 is 1.37. The van der Waals surface area contributed by atoms with Gasteiger partial charge in [0.25, 0.3) is 5.91 Å². The van der Waals surface area contributed by atoms with E-state index in [0.29, 0.717) is 0 Å². The molecule has 0 radical (unpaired) electrons. The highest BCUT2D eigenvalue weighted by Gasteiger charge is 2.23. The van der Waals surface area contributed by atoms with Gasteiger partial charge in [-0.3, -0.25) is 9.48 Å². The molecule has 24 heavy (non-hydrogen) atoms. The monoisotopic (exact) mass is 335 g/mol. The van der Waals surface area contributed by atoms with Gasteiger partial charge in [-0.1, -0.05) is 57.8 Å². The lowest BCUT2D eigenvalue weighted by atomic mass is 9.98. The Kier molecular flexibility index (Phi) is 7.28. The molecule has 134 valence electrons. The third-order valence-corrected chi connectivity index (χ3v) is 4.71. The van der Waals surface area contributed by atoms with Crippen molar-refractivity contribution in [2.45, 2.75) is 76.7 Å². The minimum Gasteiger partial charge on any atom is -0.478 e. The molecule has 1 aromatic rings. The van der Waals surface area contributed by atoms with Crippen molar-refractivity contribution in [2.75, 3.05) is 0 Å². The summed E-state index contributed by atoms with van der Waals surface area (Å²) in [6, 6.07) is 0.112. The fourth-order valence-electron chi connectivity index (χ4n) is 3.37. The molecule has 1 aliphatic carbocycles. The fourth-order valence-corrected chi connectivity index (χ4v) is 3.37. The molecule has 0 unspecified atom stereocenters. The number of rotatable bonds is 3. The van der Waals surface area contributed by atoms with Gasteiger partial charge in [0, 0.05) is 19.3 Å². The van der Waals surface area contributed by atoms with E-state index in [1.807, 2.05) is 0 Å². The molecule has 1 aliphatic rings. The van der Waals surface area contributed by atoms with E-state index in [1.54, 1.807) is 7.05 Å². The van der Waals surface area contributed by atoms with Crippen LogP contribution in [0.5, 0.6) is 0 Å². The summed E-state index contributed by atoms with van der Waals surface area (Å²) in [6.45, 7) is 0. The summed E-state index contributed by atoms with van der Waals surface area (Å²) >= 11 is 0. The van der Waals surface area contributed by atoms with E-state index in [1.165, 1.54) is 55.8 Å². The molecule has 0 bridgehead atoms. The molecular weight excluding hydrogens is 306 g/mol. The number of hydrogen-bond donors (Lipinski definition) is 2. The first-order valence-corrected chi connectivity index (χ1v) is 9.15. The molecule has 0 spiro atoms. The highest BCUT2D eigenvalue weighted by atomic mass is 16.4. The molecule has 1 aromatic heterocycles. The van der Waals surface area contributed by atoms with Crippen molar-refractivity contribution in [3.05, 3.63) is 17.5 Å². The average molecular weight is 335 g/mol. The summed E-state index contributed by atoms with van der Waals surface area (Å²) in [7, 11) is 1.62. The second-order valence-electron chi connectivity index (χ2n) is 6.80. The lowest BCUT2D eigenvalue weighted by Gasteiger charge is -2.19. The Morgan fingerprint density at radius 1 is 1.04 bits per heavy atom. The second-order valence-corrected chi connectivity index (χ2v) is 6.80. The minimum absolute atomic E-state index is 0.0103. The molecule has 2 rings (SSSR count). The first-order chi connectivity index (χ1) is 11.6. The summed E-state index contributed by atoms with van der Waals surface area (Å²) in [6.07, 6.45) is 14.4. The van der Waals surface area contributed by atoms with Crippen LogP contribution in [-0.4, -0.2) is 32.8 Å². The molecule has 1 amide bonds. The van der Waals surface area contributed by atoms with E-state index >= 15 is 0 Å². The Hall–Kier alpha value is -1.85. The quantitative estimate of drug-likeness (QED) is 0.885. The van der Waals surface area contributed by atoms with Crippen LogP contribution in [0.25, 0.3) is 0 Å². The van der Waals surface area contributed by atoms with Crippen LogP contribution in [0.1, 0.15) is 91.5 Å². The first kappa shape index (κ1) is 18.5. The standard InChI is InChI=1S/C18H29N3O3/c1-21-13-15(18(23)24)16(20-21)17(22)19-14-11-9-7-5-3-2-4-6-8-10-12-14/h13-14H,2-12H2,1H3,(H,19,22)(H,23,24). The van der Waals surface area contributed by atoms with E-state index < -0.39 is 5.97 Å². The highest BCUT2D eigenvalue weighted by molar-refractivity contribution is 6.03. The van der Waals surface area contributed by atoms with Crippen LogP contribution < -0.4 is 5.32 Å². The van der Waals surface area contributed by atoms with Gasteiger partial charge in [-0.05, 0) is 12.8 Å². The van der Waals surface area contributed by atoms with Gasteiger partial charge in [-0.25, -0.2) is 4.79 Å². The number of carbonyl (C=O) groups excluding carboxylic acids is 1. The molecule has 1 heterocycles. The molecule has 1 fully saturated rings. The third kappa shape index (κ3) is 5.65. The van der Waals surface area contributed by atoms with Gasteiger partial charge >= 0.3 is 5.97 Å². The summed E-state index contributed by atoms with van der Waals surface area (Å²) in [5.41, 5.74) is -0.0285. The maximum absolute atomic E-state index is 12.5. The van der Waals surface area contributed by atoms with Gasteiger partial charge in [0.1, 0.15) is 5.56 Å². The van der Waals surface area contributed by atoms with Crippen molar-refractivity contribution in [3.8, 4) is 0 Å². The molecule has 0 aromatic carbocycles. The van der Waals surface area contributed by atoms with Crippen molar-refractivity contribution in [1.29, 1.82) is 0 Å². The molecule has 0 aliphatic heterocycles. The number of carbonyl (C=O) groups is 2. The number of amides is 1. The summed E-state index contributed by atoms with van der Waals surface area (Å²) in [5, 5.41) is 16.3. The summed E-state index contributed by atoms with van der Waals surface area (Å²) in [4.78, 5) is 23.7. The van der Waals surface area contributed by atoms with Crippen molar-refractivity contribution < 1.29 is 14.7 Å². The number of aromatic carboxylic acids is 1. The van der Waals surface area contributed by atoms with Gasteiger partial charge in [-0.2, -0.15) is 5.10 Å². The SMILES string of the molecule is Cn1cc(C(=O)O)c(C(=O)NC2CCCCCCCCCCC2)n1. The van der Waals surface area contributed by atoms with Gasteiger partial charge in [0.2, 0.25) is 0 Å². The Labute approximate surface area is 143 Å². The van der Waals surface area contributed by atoms with E-state index in [4.69, 9.17) is 0 Å². The van der Waals surface area contributed by atoms with Crippen LogP contribution in [-0.2, 0) is 7.05 Å². The Morgan fingerprint density at radius 2 is 1.54 bits per heavy atom. The van der Waals surface area contributed by atoms with Crippen LogP contribution in [0.3, 0.4) is 0 Å². The van der Waals surface area contributed by atoms with Crippen LogP contribution >= 0.6 is 0 Å². The predicted octanol–water partition coefficient (Wildman–Crippen LogP) is 3.52. The smallest absolute Gasteiger partial charge is 0.339 e. The van der Waals surface area contributed by atoms with Crippen LogP contribution in [0.2, 0.25) is 0 Å². The maximum Gasteiger partial charge on any atom is 0.339 e. The lowest BCUT2D eigenvalue weighted by Crippen LogP contribution is -2.36. The van der Waals surface area contributed by atoms with Crippen molar-refractivity contribution in [3.63, 3.8) is 0 Å². The highest BCUT2D eigenvalue weighted by Crippen LogP contribution is 2.17. The number of aromatic nitrogens is 2. The number of hydrogen-bond acceptors (Lipinski definition) is 3. The average Bonchev–Trinajstić information content (AvgIpc) is 2.92. The summed E-state index contributed by atoms with van der Waals surface area (Å²) in [5.74, 6) is -1.49. The number of nitrogens with one attached hydrogen (secondary N) is 1. The van der Waals surface area contributed by atoms with Crippen LogP contribution in [0.4, 0.5) is 0 Å². The van der Waals surface area contributed by atoms with Gasteiger partial charge in [-0.15, -0.1) is 0 Å². The van der Waals surface area contributed by atoms with Gasteiger partial charge in [0.05, 0.1) is 0 Å².